The number of nitrogens with two attached hydrogens (primary N) is 1. The molecule has 1 unspecified atom stereocenters. The van der Waals surface area contributed by atoms with Crippen LogP contribution in [-0.4, -0.2) is 31.4 Å². The van der Waals surface area contributed by atoms with Crippen LogP contribution in [-0.2, 0) is 0 Å². The molecule has 0 spiro atoms. The van der Waals surface area contributed by atoms with E-state index in [1.165, 1.54) is 0 Å². The van der Waals surface area contributed by atoms with E-state index < -0.39 is 0 Å². The third-order valence-corrected chi connectivity index (χ3v) is 3.71. The molecular weight excluding hydrogens is 302 g/mol. The van der Waals surface area contributed by atoms with Crippen molar-refractivity contribution in [2.75, 3.05) is 18.5 Å². The van der Waals surface area contributed by atoms with Gasteiger partial charge in [0.05, 0.1) is 0 Å². The Labute approximate surface area is 142 Å². The predicted octanol–water partition coefficient (Wildman–Crippen LogP) is 2.43. The summed E-state index contributed by atoms with van der Waals surface area (Å²) in [6, 6.07) is 16.1. The van der Waals surface area contributed by atoms with Gasteiger partial charge in [0.15, 0.2) is 0 Å². The number of carbonyl (C=O) groups is 2. The lowest BCUT2D eigenvalue weighted by atomic mass is 10.1. The monoisotopic (exact) mass is 325 g/mol. The standard InChI is InChI=1S/C19H23N3O2/c1-14(20)11-12-21-18(23)15-7-6-8-16(13-15)19(24)22(2)17-9-4-3-5-10-17/h3-10,13-14H,11-12,20H2,1-2H3,(H,21,23). The molecule has 0 radical (unpaired) electrons. The van der Waals surface area contributed by atoms with Crippen molar-refractivity contribution in [2.45, 2.75) is 19.4 Å². The van der Waals surface area contributed by atoms with Crippen molar-refractivity contribution in [3.63, 3.8) is 0 Å². The molecule has 1 atom stereocenters. The number of nitrogens with one attached hydrogen (secondary N) is 1. The van der Waals surface area contributed by atoms with Crippen molar-refractivity contribution >= 4 is 17.5 Å². The predicted molar refractivity (Wildman–Crippen MR) is 96.2 cm³/mol. The van der Waals surface area contributed by atoms with Crippen LogP contribution in [0.15, 0.2) is 54.6 Å². The van der Waals surface area contributed by atoms with Gasteiger partial charge in [-0.05, 0) is 43.7 Å². The highest BCUT2D eigenvalue weighted by molar-refractivity contribution is 6.07. The Morgan fingerprint density at radius 3 is 2.42 bits per heavy atom. The molecule has 2 aromatic rings. The normalized spacial score (nSPS) is 11.6. The van der Waals surface area contributed by atoms with Gasteiger partial charge in [0.25, 0.3) is 11.8 Å². The quantitative estimate of drug-likeness (QED) is 0.856. The number of amides is 2. The van der Waals surface area contributed by atoms with E-state index in [2.05, 4.69) is 5.32 Å². The smallest absolute Gasteiger partial charge is 0.258 e. The number of nitrogens with zero attached hydrogens (tertiary/aromatic N) is 1. The average Bonchev–Trinajstić information content (AvgIpc) is 2.61. The number of para-hydroxylation sites is 1. The summed E-state index contributed by atoms with van der Waals surface area (Å²) in [5.41, 5.74) is 7.41. The van der Waals surface area contributed by atoms with Crippen molar-refractivity contribution < 1.29 is 9.59 Å². The molecule has 2 aromatic carbocycles. The molecule has 5 heteroatoms. The molecule has 24 heavy (non-hydrogen) atoms. The summed E-state index contributed by atoms with van der Waals surface area (Å²) >= 11 is 0. The Bertz CT molecular complexity index is 699. The van der Waals surface area contributed by atoms with Crippen LogP contribution in [0.5, 0.6) is 0 Å². The number of carbonyl (C=O) groups excluding carboxylic acids is 2. The molecule has 0 aliphatic heterocycles. The molecule has 0 aliphatic rings. The van der Waals surface area contributed by atoms with E-state index in [4.69, 9.17) is 5.73 Å². The summed E-state index contributed by atoms with van der Waals surface area (Å²) in [4.78, 5) is 26.3. The van der Waals surface area contributed by atoms with Gasteiger partial charge in [0, 0.05) is 36.4 Å². The number of rotatable bonds is 6. The molecule has 0 bridgehead atoms. The second-order valence-corrected chi connectivity index (χ2v) is 5.80. The number of benzene rings is 2. The van der Waals surface area contributed by atoms with Gasteiger partial charge in [-0.2, -0.15) is 0 Å². The van der Waals surface area contributed by atoms with Crippen molar-refractivity contribution in [3.8, 4) is 0 Å². The van der Waals surface area contributed by atoms with E-state index in [0.29, 0.717) is 24.1 Å². The Balaban J connectivity index is 2.09. The maximum Gasteiger partial charge on any atom is 0.258 e. The summed E-state index contributed by atoms with van der Waals surface area (Å²) in [6.45, 7) is 2.41. The lowest BCUT2D eigenvalue weighted by Gasteiger charge is -2.17. The first-order valence-corrected chi connectivity index (χ1v) is 7.96. The topological polar surface area (TPSA) is 75.4 Å². The second kappa shape index (κ2) is 8.26. The van der Waals surface area contributed by atoms with Crippen LogP contribution >= 0.6 is 0 Å². The fourth-order valence-electron chi connectivity index (χ4n) is 2.27. The van der Waals surface area contributed by atoms with Gasteiger partial charge < -0.3 is 16.0 Å². The van der Waals surface area contributed by atoms with Crippen LogP contribution in [0.3, 0.4) is 0 Å². The third kappa shape index (κ3) is 4.67. The summed E-state index contributed by atoms with van der Waals surface area (Å²) in [5.74, 6) is -0.362. The van der Waals surface area contributed by atoms with Crippen molar-refractivity contribution in [3.05, 3.63) is 65.7 Å². The largest absolute Gasteiger partial charge is 0.352 e. The molecule has 0 heterocycles. The minimum atomic E-state index is -0.201. The molecule has 0 saturated carbocycles. The zero-order valence-electron chi connectivity index (χ0n) is 14.0. The summed E-state index contributed by atoms with van der Waals surface area (Å²) in [6.07, 6.45) is 0.709. The maximum atomic E-state index is 12.6. The molecule has 0 fully saturated rings. The molecule has 126 valence electrons. The minimum Gasteiger partial charge on any atom is -0.352 e. The number of hydrogen-bond donors (Lipinski definition) is 2. The summed E-state index contributed by atoms with van der Waals surface area (Å²) < 4.78 is 0. The highest BCUT2D eigenvalue weighted by Crippen LogP contribution is 2.15. The zero-order chi connectivity index (χ0) is 17.5. The maximum absolute atomic E-state index is 12.6. The highest BCUT2D eigenvalue weighted by atomic mass is 16.2. The van der Waals surface area contributed by atoms with E-state index >= 15 is 0 Å². The molecule has 5 nitrogen and oxygen atoms in total. The number of hydrogen-bond acceptors (Lipinski definition) is 3. The van der Waals surface area contributed by atoms with E-state index in [9.17, 15) is 9.59 Å². The van der Waals surface area contributed by atoms with Crippen molar-refractivity contribution in [1.82, 2.24) is 5.32 Å². The SMILES string of the molecule is CC(N)CCNC(=O)c1cccc(C(=O)N(C)c2ccccc2)c1. The van der Waals surface area contributed by atoms with E-state index in [-0.39, 0.29) is 17.9 Å². The molecule has 2 amide bonds. The highest BCUT2D eigenvalue weighted by Gasteiger charge is 2.15. The Kier molecular flexibility index (Phi) is 6.09. The van der Waals surface area contributed by atoms with Crippen LogP contribution in [0.1, 0.15) is 34.1 Å². The van der Waals surface area contributed by atoms with Crippen LogP contribution in [0, 0.1) is 0 Å². The van der Waals surface area contributed by atoms with Gasteiger partial charge in [-0.15, -0.1) is 0 Å². The van der Waals surface area contributed by atoms with Gasteiger partial charge >= 0.3 is 0 Å². The van der Waals surface area contributed by atoms with Gasteiger partial charge in [-0.1, -0.05) is 24.3 Å². The molecule has 2 rings (SSSR count). The summed E-state index contributed by atoms with van der Waals surface area (Å²) in [5, 5.41) is 2.81. The van der Waals surface area contributed by atoms with E-state index in [1.54, 1.807) is 36.2 Å². The fourth-order valence-corrected chi connectivity index (χ4v) is 2.27. The zero-order valence-corrected chi connectivity index (χ0v) is 14.0. The van der Waals surface area contributed by atoms with Crippen LogP contribution in [0.4, 0.5) is 5.69 Å². The lowest BCUT2D eigenvalue weighted by Crippen LogP contribution is -2.29. The Hall–Kier alpha value is -2.66. The van der Waals surface area contributed by atoms with E-state index in [1.807, 2.05) is 37.3 Å². The first-order chi connectivity index (χ1) is 11.5. The first kappa shape index (κ1) is 17.7. The van der Waals surface area contributed by atoms with Gasteiger partial charge in [-0.3, -0.25) is 9.59 Å². The Morgan fingerprint density at radius 2 is 1.75 bits per heavy atom. The van der Waals surface area contributed by atoms with Crippen LogP contribution in [0.25, 0.3) is 0 Å². The molecule has 0 saturated heterocycles. The molecular formula is C19H23N3O2. The minimum absolute atomic E-state index is 0.0396. The van der Waals surface area contributed by atoms with Crippen molar-refractivity contribution in [1.29, 1.82) is 0 Å². The molecule has 0 aromatic heterocycles. The van der Waals surface area contributed by atoms with Gasteiger partial charge in [0.2, 0.25) is 0 Å². The van der Waals surface area contributed by atoms with Crippen molar-refractivity contribution in [2.24, 2.45) is 5.73 Å². The first-order valence-electron chi connectivity index (χ1n) is 7.96. The van der Waals surface area contributed by atoms with E-state index in [0.717, 1.165) is 5.69 Å². The lowest BCUT2D eigenvalue weighted by molar-refractivity contribution is 0.0953. The molecule has 0 aliphatic carbocycles. The second-order valence-electron chi connectivity index (χ2n) is 5.80. The van der Waals surface area contributed by atoms with Crippen LogP contribution in [0.2, 0.25) is 0 Å². The Morgan fingerprint density at radius 1 is 1.08 bits per heavy atom. The molecule has 3 N–H and O–H groups in total. The fraction of sp³-hybridized carbons (Fsp3) is 0.263. The van der Waals surface area contributed by atoms with Crippen LogP contribution < -0.4 is 16.0 Å². The third-order valence-electron chi connectivity index (χ3n) is 3.71. The average molecular weight is 325 g/mol. The van der Waals surface area contributed by atoms with Gasteiger partial charge in [-0.25, -0.2) is 0 Å². The summed E-state index contributed by atoms with van der Waals surface area (Å²) in [7, 11) is 1.72. The van der Waals surface area contributed by atoms with Gasteiger partial charge in [0.1, 0.15) is 0 Å². The number of anilines is 1.